The van der Waals surface area contributed by atoms with E-state index in [9.17, 15) is 4.79 Å². The van der Waals surface area contributed by atoms with Crippen LogP contribution in [0.1, 0.15) is 50.3 Å². The van der Waals surface area contributed by atoms with E-state index in [1.807, 2.05) is 90.1 Å². The number of nitrogens with zero attached hydrogens (tertiary/aromatic N) is 2. The number of hydrogen-bond donors (Lipinski definition) is 0. The van der Waals surface area contributed by atoms with Gasteiger partial charge in [-0.25, -0.2) is 4.98 Å². The van der Waals surface area contributed by atoms with Gasteiger partial charge in [-0.2, -0.15) is 0 Å². The molecule has 144 valence electrons. The molecule has 0 aliphatic rings. The predicted octanol–water partition coefficient (Wildman–Crippen LogP) is 5.69. The molecule has 0 aliphatic heterocycles. The maximum Gasteiger partial charge on any atom is 0.261 e. The standard InChI is InChI=1S/C20H20N2O.2C2H6/c1-15-19(14-13-17-9-5-3-6-10-17)21-16(2)22(20(15)23)18-11-7-4-8-12-18;2*1-2/h3-12H,13-14H2,1-2H3;2*1-2H3. The average molecular weight is 365 g/mol. The molecule has 1 aromatic heterocycles. The number of hydrogen-bond acceptors (Lipinski definition) is 2. The zero-order valence-corrected chi connectivity index (χ0v) is 17.5. The van der Waals surface area contributed by atoms with Gasteiger partial charge in [-0.1, -0.05) is 76.2 Å². The normalized spacial score (nSPS) is 9.56. The van der Waals surface area contributed by atoms with Gasteiger partial charge in [0.05, 0.1) is 11.4 Å². The van der Waals surface area contributed by atoms with E-state index < -0.39 is 0 Å². The average Bonchev–Trinajstić information content (AvgIpc) is 2.74. The molecule has 0 radical (unpaired) electrons. The van der Waals surface area contributed by atoms with Gasteiger partial charge in [0.15, 0.2) is 0 Å². The molecule has 0 unspecified atom stereocenters. The monoisotopic (exact) mass is 364 g/mol. The molecule has 2 aromatic carbocycles. The number of aromatic nitrogens is 2. The lowest BCUT2D eigenvalue weighted by atomic mass is 10.1. The molecule has 3 nitrogen and oxygen atoms in total. The van der Waals surface area contributed by atoms with E-state index in [1.54, 1.807) is 4.57 Å². The van der Waals surface area contributed by atoms with Gasteiger partial charge in [-0.05, 0) is 44.4 Å². The van der Waals surface area contributed by atoms with Crippen LogP contribution in [0.3, 0.4) is 0 Å². The Bertz CT molecular complexity index is 853. The molecule has 3 heteroatoms. The minimum Gasteiger partial charge on any atom is -0.269 e. The molecule has 0 fully saturated rings. The van der Waals surface area contributed by atoms with Crippen molar-refractivity contribution in [2.45, 2.75) is 54.4 Å². The second kappa shape index (κ2) is 11.8. The summed E-state index contributed by atoms with van der Waals surface area (Å²) < 4.78 is 1.68. The SMILES string of the molecule is CC.CC.Cc1c(CCc2ccccc2)nc(C)n(-c2ccccc2)c1=O. The van der Waals surface area contributed by atoms with Gasteiger partial charge in [0, 0.05) is 5.56 Å². The maximum absolute atomic E-state index is 12.7. The Hall–Kier alpha value is -2.68. The largest absolute Gasteiger partial charge is 0.269 e. The third-order valence-electron chi connectivity index (χ3n) is 4.08. The van der Waals surface area contributed by atoms with Crippen LogP contribution in [0.25, 0.3) is 5.69 Å². The highest BCUT2D eigenvalue weighted by Gasteiger charge is 2.12. The van der Waals surface area contributed by atoms with Gasteiger partial charge in [-0.3, -0.25) is 9.36 Å². The molecule has 0 spiro atoms. The Balaban J connectivity index is 0.000000855. The first-order chi connectivity index (χ1) is 13.2. The molecular weight excluding hydrogens is 332 g/mol. The lowest BCUT2D eigenvalue weighted by molar-refractivity contribution is 0.794. The Morgan fingerprint density at radius 2 is 1.30 bits per heavy atom. The van der Waals surface area contributed by atoms with E-state index in [0.717, 1.165) is 35.6 Å². The smallest absolute Gasteiger partial charge is 0.261 e. The van der Waals surface area contributed by atoms with Crippen molar-refractivity contribution < 1.29 is 0 Å². The minimum atomic E-state index is 0.0201. The number of para-hydroxylation sites is 1. The highest BCUT2D eigenvalue weighted by molar-refractivity contribution is 5.34. The fourth-order valence-electron chi connectivity index (χ4n) is 2.80. The molecule has 3 rings (SSSR count). The van der Waals surface area contributed by atoms with Gasteiger partial charge in [0.1, 0.15) is 5.82 Å². The molecule has 3 aromatic rings. The number of aryl methyl sites for hydroxylation is 3. The first-order valence-electron chi connectivity index (χ1n) is 9.85. The Morgan fingerprint density at radius 1 is 0.778 bits per heavy atom. The van der Waals surface area contributed by atoms with Gasteiger partial charge in [0.25, 0.3) is 5.56 Å². The second-order valence-electron chi connectivity index (χ2n) is 5.69. The summed E-state index contributed by atoms with van der Waals surface area (Å²) >= 11 is 0. The van der Waals surface area contributed by atoms with Crippen molar-refractivity contribution in [3.05, 3.63) is 93.7 Å². The lowest BCUT2D eigenvalue weighted by Gasteiger charge is -2.13. The van der Waals surface area contributed by atoms with Crippen LogP contribution < -0.4 is 5.56 Å². The molecule has 0 saturated carbocycles. The molecule has 0 N–H and O–H groups in total. The summed E-state index contributed by atoms with van der Waals surface area (Å²) in [6.07, 6.45) is 1.67. The molecule has 0 aliphatic carbocycles. The molecular formula is C24H32N2O. The first kappa shape index (κ1) is 22.4. The highest BCUT2D eigenvalue weighted by atomic mass is 16.1. The zero-order chi connectivity index (χ0) is 20.2. The van der Waals surface area contributed by atoms with E-state index in [0.29, 0.717) is 0 Å². The summed E-state index contributed by atoms with van der Waals surface area (Å²) in [7, 11) is 0. The van der Waals surface area contributed by atoms with E-state index in [2.05, 4.69) is 17.1 Å². The van der Waals surface area contributed by atoms with Gasteiger partial charge < -0.3 is 0 Å². The first-order valence-corrected chi connectivity index (χ1v) is 9.85. The summed E-state index contributed by atoms with van der Waals surface area (Å²) in [6, 6.07) is 20.0. The van der Waals surface area contributed by atoms with Crippen LogP contribution in [0.15, 0.2) is 65.5 Å². The van der Waals surface area contributed by atoms with E-state index >= 15 is 0 Å². The van der Waals surface area contributed by atoms with Gasteiger partial charge in [0.2, 0.25) is 0 Å². The fraction of sp³-hybridized carbons (Fsp3) is 0.333. The zero-order valence-electron chi connectivity index (χ0n) is 17.5. The molecule has 0 saturated heterocycles. The summed E-state index contributed by atoms with van der Waals surface area (Å²) in [6.45, 7) is 11.8. The summed E-state index contributed by atoms with van der Waals surface area (Å²) in [5.74, 6) is 0.731. The van der Waals surface area contributed by atoms with Crippen molar-refractivity contribution in [1.29, 1.82) is 0 Å². The van der Waals surface area contributed by atoms with Crippen molar-refractivity contribution in [1.82, 2.24) is 9.55 Å². The number of rotatable bonds is 4. The summed E-state index contributed by atoms with van der Waals surface area (Å²) in [5, 5.41) is 0. The Kier molecular flexibility index (Phi) is 9.81. The second-order valence-corrected chi connectivity index (χ2v) is 5.69. The van der Waals surface area contributed by atoms with Crippen LogP contribution in [0.2, 0.25) is 0 Å². The molecule has 0 bridgehead atoms. The van der Waals surface area contributed by atoms with Crippen molar-refractivity contribution in [3.8, 4) is 5.69 Å². The van der Waals surface area contributed by atoms with Crippen LogP contribution in [-0.2, 0) is 12.8 Å². The Morgan fingerprint density at radius 3 is 1.85 bits per heavy atom. The quantitative estimate of drug-likeness (QED) is 0.596. The van der Waals surface area contributed by atoms with E-state index in [-0.39, 0.29) is 5.56 Å². The maximum atomic E-state index is 12.7. The third kappa shape index (κ3) is 5.92. The van der Waals surface area contributed by atoms with Crippen molar-refractivity contribution in [2.24, 2.45) is 0 Å². The topological polar surface area (TPSA) is 34.9 Å². The van der Waals surface area contributed by atoms with Crippen LogP contribution in [-0.4, -0.2) is 9.55 Å². The fourth-order valence-corrected chi connectivity index (χ4v) is 2.80. The van der Waals surface area contributed by atoms with Crippen LogP contribution in [0, 0.1) is 13.8 Å². The third-order valence-corrected chi connectivity index (χ3v) is 4.08. The highest BCUT2D eigenvalue weighted by Crippen LogP contribution is 2.11. The van der Waals surface area contributed by atoms with Crippen molar-refractivity contribution in [2.75, 3.05) is 0 Å². The minimum absolute atomic E-state index is 0.0201. The van der Waals surface area contributed by atoms with Crippen LogP contribution in [0.5, 0.6) is 0 Å². The Labute approximate surface area is 163 Å². The van der Waals surface area contributed by atoms with E-state index in [4.69, 9.17) is 0 Å². The lowest BCUT2D eigenvalue weighted by Crippen LogP contribution is -2.26. The van der Waals surface area contributed by atoms with Crippen molar-refractivity contribution >= 4 is 0 Å². The molecule has 0 atom stereocenters. The number of benzene rings is 2. The van der Waals surface area contributed by atoms with Gasteiger partial charge in [-0.15, -0.1) is 0 Å². The predicted molar refractivity (Wildman–Crippen MR) is 116 cm³/mol. The summed E-state index contributed by atoms with van der Waals surface area (Å²) in [5.41, 5.74) is 3.77. The van der Waals surface area contributed by atoms with Crippen molar-refractivity contribution in [3.63, 3.8) is 0 Å². The molecule has 1 heterocycles. The van der Waals surface area contributed by atoms with Gasteiger partial charge >= 0.3 is 0 Å². The molecule has 27 heavy (non-hydrogen) atoms. The van der Waals surface area contributed by atoms with Crippen LogP contribution >= 0.6 is 0 Å². The van der Waals surface area contributed by atoms with Crippen LogP contribution in [0.4, 0.5) is 0 Å². The van der Waals surface area contributed by atoms with E-state index in [1.165, 1.54) is 5.56 Å². The summed E-state index contributed by atoms with van der Waals surface area (Å²) in [4.78, 5) is 17.4. The molecule has 0 amide bonds.